The van der Waals surface area contributed by atoms with Crippen molar-refractivity contribution >= 4 is 11.8 Å². The lowest BCUT2D eigenvalue weighted by atomic mass is 10.1. The number of aromatic nitrogens is 1. The summed E-state index contributed by atoms with van der Waals surface area (Å²) in [6, 6.07) is 3.24. The van der Waals surface area contributed by atoms with Gasteiger partial charge in [-0.2, -0.15) is 0 Å². The third-order valence-corrected chi connectivity index (χ3v) is 2.30. The van der Waals surface area contributed by atoms with Gasteiger partial charge in [0.2, 0.25) is 0 Å². The molecular formula is C11H13N3O2. The van der Waals surface area contributed by atoms with Crippen molar-refractivity contribution in [2.24, 2.45) is 5.73 Å². The maximum absolute atomic E-state index is 11.9. The van der Waals surface area contributed by atoms with E-state index in [0.29, 0.717) is 5.56 Å². The Balaban J connectivity index is 2.36. The van der Waals surface area contributed by atoms with E-state index in [9.17, 15) is 9.59 Å². The Morgan fingerprint density at radius 2 is 2.06 bits per heavy atom. The maximum Gasteiger partial charge on any atom is 0.280 e. The molecule has 1 aromatic rings. The number of carbonyl (C=O) groups excluding carboxylic acids is 2. The van der Waals surface area contributed by atoms with Crippen LogP contribution in [0.2, 0.25) is 0 Å². The minimum atomic E-state index is -0.604. The van der Waals surface area contributed by atoms with Crippen LogP contribution in [0.5, 0.6) is 0 Å². The highest BCUT2D eigenvalue weighted by atomic mass is 16.2. The van der Waals surface area contributed by atoms with Gasteiger partial charge in [0.15, 0.2) is 0 Å². The highest BCUT2D eigenvalue weighted by molar-refractivity contribution is 6.20. The summed E-state index contributed by atoms with van der Waals surface area (Å²) in [6.07, 6.45) is 1.50. The van der Waals surface area contributed by atoms with Crippen molar-refractivity contribution in [1.82, 2.24) is 9.88 Å². The zero-order valence-electron chi connectivity index (χ0n) is 9.23. The van der Waals surface area contributed by atoms with Crippen molar-refractivity contribution in [1.29, 1.82) is 0 Å². The number of hydrogen-bond acceptors (Lipinski definition) is 4. The number of imide groups is 1. The molecule has 0 saturated carbocycles. The number of pyridine rings is 1. The maximum atomic E-state index is 11.9. The van der Waals surface area contributed by atoms with Crippen LogP contribution in [0.3, 0.4) is 0 Å². The first-order valence-electron chi connectivity index (χ1n) is 5.00. The van der Waals surface area contributed by atoms with E-state index >= 15 is 0 Å². The Bertz CT molecular complexity index is 428. The quantitative estimate of drug-likeness (QED) is 0.731. The SMILES string of the molecule is CC(C)(N)CN1C(=O)c2cccnc2C1=O. The molecule has 0 radical (unpaired) electrons. The van der Waals surface area contributed by atoms with Crippen molar-refractivity contribution in [2.75, 3.05) is 6.54 Å². The van der Waals surface area contributed by atoms with Crippen LogP contribution in [-0.4, -0.2) is 33.8 Å². The van der Waals surface area contributed by atoms with E-state index in [-0.39, 0.29) is 24.1 Å². The molecule has 0 aromatic carbocycles. The molecule has 5 heteroatoms. The molecule has 0 unspecified atom stereocenters. The van der Waals surface area contributed by atoms with E-state index in [1.807, 2.05) is 0 Å². The lowest BCUT2D eigenvalue weighted by Crippen LogP contribution is -2.47. The fraction of sp³-hybridized carbons (Fsp3) is 0.364. The van der Waals surface area contributed by atoms with Crippen LogP contribution in [0.4, 0.5) is 0 Å². The average molecular weight is 219 g/mol. The lowest BCUT2D eigenvalue weighted by Gasteiger charge is -2.24. The van der Waals surface area contributed by atoms with Gasteiger partial charge in [-0.15, -0.1) is 0 Å². The summed E-state index contributed by atoms with van der Waals surface area (Å²) in [7, 11) is 0. The lowest BCUT2D eigenvalue weighted by molar-refractivity contribution is 0.0623. The van der Waals surface area contributed by atoms with Gasteiger partial charge in [0, 0.05) is 18.3 Å². The fourth-order valence-corrected chi connectivity index (χ4v) is 1.66. The first-order valence-corrected chi connectivity index (χ1v) is 5.00. The number of rotatable bonds is 2. The van der Waals surface area contributed by atoms with Gasteiger partial charge in [-0.25, -0.2) is 0 Å². The van der Waals surface area contributed by atoms with Gasteiger partial charge in [0.25, 0.3) is 11.8 Å². The van der Waals surface area contributed by atoms with Crippen molar-refractivity contribution in [3.8, 4) is 0 Å². The Morgan fingerprint density at radius 1 is 1.38 bits per heavy atom. The van der Waals surface area contributed by atoms with Gasteiger partial charge in [-0.05, 0) is 26.0 Å². The van der Waals surface area contributed by atoms with E-state index in [1.54, 1.807) is 26.0 Å². The van der Waals surface area contributed by atoms with Gasteiger partial charge < -0.3 is 5.73 Å². The van der Waals surface area contributed by atoms with Gasteiger partial charge in [0.1, 0.15) is 5.69 Å². The number of nitrogens with zero attached hydrogens (tertiary/aromatic N) is 2. The molecule has 2 N–H and O–H groups in total. The Hall–Kier alpha value is -1.75. The van der Waals surface area contributed by atoms with Gasteiger partial charge in [-0.3, -0.25) is 19.5 Å². The average Bonchev–Trinajstić information content (AvgIpc) is 2.43. The second-order valence-electron chi connectivity index (χ2n) is 4.58. The largest absolute Gasteiger partial charge is 0.324 e. The molecule has 2 rings (SSSR count). The smallest absolute Gasteiger partial charge is 0.280 e. The summed E-state index contributed by atoms with van der Waals surface area (Å²) in [4.78, 5) is 28.8. The molecule has 2 amide bonds. The molecule has 0 aliphatic carbocycles. The molecule has 1 aliphatic heterocycles. The molecule has 0 saturated heterocycles. The van der Waals surface area contributed by atoms with Crippen LogP contribution in [0.25, 0.3) is 0 Å². The van der Waals surface area contributed by atoms with Crippen LogP contribution in [0.1, 0.15) is 34.7 Å². The van der Waals surface area contributed by atoms with Crippen molar-refractivity contribution in [2.45, 2.75) is 19.4 Å². The van der Waals surface area contributed by atoms with Gasteiger partial charge >= 0.3 is 0 Å². The van der Waals surface area contributed by atoms with Crippen LogP contribution in [-0.2, 0) is 0 Å². The molecule has 1 aliphatic rings. The summed E-state index contributed by atoms with van der Waals surface area (Å²) in [5, 5.41) is 0. The normalized spacial score (nSPS) is 15.6. The molecular weight excluding hydrogens is 206 g/mol. The fourth-order valence-electron chi connectivity index (χ4n) is 1.66. The Morgan fingerprint density at radius 3 is 2.62 bits per heavy atom. The number of nitrogens with two attached hydrogens (primary N) is 1. The molecule has 0 spiro atoms. The highest BCUT2D eigenvalue weighted by Crippen LogP contribution is 2.21. The second-order valence-corrected chi connectivity index (χ2v) is 4.58. The van der Waals surface area contributed by atoms with E-state index < -0.39 is 5.54 Å². The van der Waals surface area contributed by atoms with Crippen LogP contribution in [0, 0.1) is 0 Å². The first-order chi connectivity index (χ1) is 7.40. The number of amides is 2. The molecule has 84 valence electrons. The third-order valence-electron chi connectivity index (χ3n) is 2.30. The Labute approximate surface area is 93.3 Å². The number of hydrogen-bond donors (Lipinski definition) is 1. The zero-order chi connectivity index (χ0) is 11.9. The third kappa shape index (κ3) is 1.69. The van der Waals surface area contributed by atoms with Crippen LogP contribution < -0.4 is 5.73 Å². The van der Waals surface area contributed by atoms with E-state index in [0.717, 1.165) is 4.90 Å². The molecule has 5 nitrogen and oxygen atoms in total. The Kier molecular flexibility index (Phi) is 2.27. The van der Waals surface area contributed by atoms with Crippen molar-refractivity contribution in [3.63, 3.8) is 0 Å². The minimum Gasteiger partial charge on any atom is -0.324 e. The van der Waals surface area contributed by atoms with Crippen molar-refractivity contribution in [3.05, 3.63) is 29.6 Å². The minimum absolute atomic E-state index is 0.195. The zero-order valence-corrected chi connectivity index (χ0v) is 9.23. The molecule has 2 heterocycles. The molecule has 0 atom stereocenters. The highest BCUT2D eigenvalue weighted by Gasteiger charge is 2.38. The van der Waals surface area contributed by atoms with E-state index in [1.165, 1.54) is 6.20 Å². The summed E-state index contributed by atoms with van der Waals surface area (Å²) in [5.74, 6) is -0.675. The van der Waals surface area contributed by atoms with Crippen LogP contribution in [0.15, 0.2) is 18.3 Å². The molecule has 0 fully saturated rings. The van der Waals surface area contributed by atoms with Gasteiger partial charge in [0.05, 0.1) is 5.56 Å². The predicted molar refractivity (Wildman–Crippen MR) is 57.9 cm³/mol. The van der Waals surface area contributed by atoms with Crippen molar-refractivity contribution < 1.29 is 9.59 Å². The van der Waals surface area contributed by atoms with Gasteiger partial charge in [-0.1, -0.05) is 0 Å². The number of fused-ring (bicyclic) bond motifs is 1. The monoisotopic (exact) mass is 219 g/mol. The summed E-state index contributed by atoms with van der Waals surface area (Å²) >= 11 is 0. The molecule has 0 bridgehead atoms. The summed E-state index contributed by atoms with van der Waals surface area (Å²) in [5.41, 5.74) is 5.78. The molecule has 16 heavy (non-hydrogen) atoms. The topological polar surface area (TPSA) is 76.3 Å². The standard InChI is InChI=1S/C11H13N3O2/c1-11(2,12)6-14-9(15)7-4-3-5-13-8(7)10(14)16/h3-5H,6,12H2,1-2H3. The summed E-state index contributed by atoms with van der Waals surface area (Å²) in [6.45, 7) is 3.73. The second kappa shape index (κ2) is 3.38. The van der Waals surface area contributed by atoms with Crippen LogP contribution >= 0.6 is 0 Å². The summed E-state index contributed by atoms with van der Waals surface area (Å²) < 4.78 is 0. The predicted octanol–water partition coefficient (Wildman–Crippen LogP) is 0.415. The van der Waals surface area contributed by atoms with E-state index in [4.69, 9.17) is 5.73 Å². The number of carbonyl (C=O) groups is 2. The molecule has 1 aromatic heterocycles. The first kappa shape index (κ1) is 10.8. The van der Waals surface area contributed by atoms with E-state index in [2.05, 4.69) is 4.98 Å².